The van der Waals surface area contributed by atoms with Gasteiger partial charge in [0.15, 0.2) is 5.78 Å². The molecule has 0 saturated heterocycles. The van der Waals surface area contributed by atoms with Crippen molar-refractivity contribution in [3.63, 3.8) is 0 Å². The molecule has 0 aromatic heterocycles. The standard InChI is InChI=1S/C23H22BrNO2/c1-2-15-6-8-16(9-7-15)19-14-22(27)25(18-12-10-17(24)11-13-18)20-4-3-5-21(26)23(19)20/h6-13,19H,2-5,14H2,1H3. The summed E-state index contributed by atoms with van der Waals surface area (Å²) in [5.41, 5.74) is 4.91. The molecule has 0 saturated carbocycles. The van der Waals surface area contributed by atoms with Gasteiger partial charge in [-0.2, -0.15) is 0 Å². The van der Waals surface area contributed by atoms with Crippen molar-refractivity contribution in [1.82, 2.24) is 0 Å². The first kappa shape index (κ1) is 18.2. The topological polar surface area (TPSA) is 37.4 Å². The van der Waals surface area contributed by atoms with Crippen molar-refractivity contribution in [2.75, 3.05) is 4.90 Å². The summed E-state index contributed by atoms with van der Waals surface area (Å²) >= 11 is 3.45. The lowest BCUT2D eigenvalue weighted by atomic mass is 9.77. The Morgan fingerprint density at radius 1 is 1.00 bits per heavy atom. The molecule has 0 fully saturated rings. The SMILES string of the molecule is CCc1ccc(C2CC(=O)N(c3ccc(Br)cc3)C3=C2C(=O)CCC3)cc1. The third-order valence-electron chi connectivity index (χ3n) is 5.55. The number of halogens is 1. The van der Waals surface area contributed by atoms with Crippen molar-refractivity contribution in [2.24, 2.45) is 0 Å². The molecule has 3 nitrogen and oxygen atoms in total. The van der Waals surface area contributed by atoms with E-state index in [1.807, 2.05) is 24.3 Å². The zero-order valence-electron chi connectivity index (χ0n) is 15.4. The molecule has 4 heteroatoms. The first-order chi connectivity index (χ1) is 13.1. The highest BCUT2D eigenvalue weighted by atomic mass is 79.9. The van der Waals surface area contributed by atoms with Crippen LogP contribution in [0, 0.1) is 0 Å². The second-order valence-electron chi connectivity index (χ2n) is 7.19. The van der Waals surface area contributed by atoms with Crippen LogP contribution in [0.4, 0.5) is 5.69 Å². The summed E-state index contributed by atoms with van der Waals surface area (Å²) in [5.74, 6) is 0.128. The van der Waals surface area contributed by atoms with E-state index in [1.54, 1.807) is 4.90 Å². The van der Waals surface area contributed by atoms with Crippen LogP contribution in [0.3, 0.4) is 0 Å². The van der Waals surface area contributed by atoms with Crippen LogP contribution in [0.2, 0.25) is 0 Å². The molecule has 1 heterocycles. The molecule has 0 N–H and O–H groups in total. The Morgan fingerprint density at radius 3 is 2.37 bits per heavy atom. The molecular weight excluding hydrogens is 402 g/mol. The maximum atomic E-state index is 13.1. The molecular formula is C23H22BrNO2. The molecule has 1 amide bonds. The van der Waals surface area contributed by atoms with E-state index < -0.39 is 0 Å². The number of allylic oxidation sites excluding steroid dienone is 2. The fraction of sp³-hybridized carbons (Fsp3) is 0.304. The van der Waals surface area contributed by atoms with Crippen molar-refractivity contribution in [3.05, 3.63) is 75.4 Å². The maximum Gasteiger partial charge on any atom is 0.232 e. The quantitative estimate of drug-likeness (QED) is 0.649. The molecule has 2 aromatic rings. The van der Waals surface area contributed by atoms with Gasteiger partial charge in [-0.25, -0.2) is 0 Å². The van der Waals surface area contributed by atoms with Crippen LogP contribution in [0.15, 0.2) is 64.3 Å². The van der Waals surface area contributed by atoms with Gasteiger partial charge in [-0.05, 0) is 54.7 Å². The Balaban J connectivity index is 1.81. The predicted octanol–water partition coefficient (Wildman–Crippen LogP) is 5.54. The third-order valence-corrected chi connectivity index (χ3v) is 6.08. The number of aryl methyl sites for hydroxylation is 1. The normalized spacial score (nSPS) is 20.1. The summed E-state index contributed by atoms with van der Waals surface area (Å²) in [5, 5.41) is 0. The zero-order chi connectivity index (χ0) is 19.0. The Bertz CT molecular complexity index is 912. The minimum Gasteiger partial charge on any atom is -0.294 e. The molecule has 4 rings (SSSR count). The highest BCUT2D eigenvalue weighted by Crippen LogP contribution is 2.43. The highest BCUT2D eigenvalue weighted by molar-refractivity contribution is 9.10. The average Bonchev–Trinajstić information content (AvgIpc) is 2.69. The van der Waals surface area contributed by atoms with Gasteiger partial charge >= 0.3 is 0 Å². The lowest BCUT2D eigenvalue weighted by molar-refractivity contribution is -0.119. The van der Waals surface area contributed by atoms with Crippen LogP contribution >= 0.6 is 15.9 Å². The van der Waals surface area contributed by atoms with Crippen molar-refractivity contribution < 1.29 is 9.59 Å². The van der Waals surface area contributed by atoms with Gasteiger partial charge in [0.25, 0.3) is 0 Å². The monoisotopic (exact) mass is 423 g/mol. The number of carbonyl (C=O) groups is 2. The lowest BCUT2D eigenvalue weighted by Crippen LogP contribution is -2.40. The van der Waals surface area contributed by atoms with Crippen molar-refractivity contribution in [3.8, 4) is 0 Å². The molecule has 138 valence electrons. The summed E-state index contributed by atoms with van der Waals surface area (Å²) in [7, 11) is 0. The van der Waals surface area contributed by atoms with Crippen LogP contribution in [-0.2, 0) is 16.0 Å². The van der Waals surface area contributed by atoms with Gasteiger partial charge in [0.1, 0.15) is 0 Å². The van der Waals surface area contributed by atoms with E-state index in [1.165, 1.54) is 5.56 Å². The average molecular weight is 424 g/mol. The van der Waals surface area contributed by atoms with Crippen molar-refractivity contribution in [2.45, 2.75) is 44.9 Å². The van der Waals surface area contributed by atoms with Gasteiger partial charge in [-0.3, -0.25) is 14.5 Å². The number of carbonyl (C=O) groups excluding carboxylic acids is 2. The Kier molecular flexibility index (Phi) is 5.00. The van der Waals surface area contributed by atoms with Gasteiger partial charge in [-0.15, -0.1) is 0 Å². The van der Waals surface area contributed by atoms with E-state index in [9.17, 15) is 9.59 Å². The third kappa shape index (κ3) is 3.39. The summed E-state index contributed by atoms with van der Waals surface area (Å²) < 4.78 is 0.971. The van der Waals surface area contributed by atoms with Gasteiger partial charge in [-0.1, -0.05) is 47.1 Å². The van der Waals surface area contributed by atoms with E-state index in [2.05, 4.69) is 47.1 Å². The number of rotatable bonds is 3. The van der Waals surface area contributed by atoms with E-state index >= 15 is 0 Å². The fourth-order valence-corrected chi connectivity index (χ4v) is 4.42. The molecule has 1 aliphatic carbocycles. The summed E-state index contributed by atoms with van der Waals surface area (Å²) in [4.78, 5) is 27.8. The molecule has 27 heavy (non-hydrogen) atoms. The van der Waals surface area contributed by atoms with Gasteiger partial charge in [0, 0.05) is 40.2 Å². The molecule has 1 unspecified atom stereocenters. The van der Waals surface area contributed by atoms with Crippen LogP contribution in [0.25, 0.3) is 0 Å². The van der Waals surface area contributed by atoms with Gasteiger partial charge in [0.2, 0.25) is 5.91 Å². The minimum atomic E-state index is -0.127. The van der Waals surface area contributed by atoms with E-state index in [0.29, 0.717) is 12.8 Å². The lowest BCUT2D eigenvalue weighted by Gasteiger charge is -2.38. The van der Waals surface area contributed by atoms with Gasteiger partial charge in [0.05, 0.1) is 0 Å². The molecule has 2 aromatic carbocycles. The zero-order valence-corrected chi connectivity index (χ0v) is 17.0. The Hall–Kier alpha value is -2.20. The molecule has 1 atom stereocenters. The second kappa shape index (κ2) is 7.43. The van der Waals surface area contributed by atoms with E-state index in [0.717, 1.165) is 46.3 Å². The molecule has 0 radical (unpaired) electrons. The second-order valence-corrected chi connectivity index (χ2v) is 8.11. The summed E-state index contributed by atoms with van der Waals surface area (Å²) in [6.45, 7) is 2.13. The number of anilines is 1. The highest BCUT2D eigenvalue weighted by Gasteiger charge is 2.39. The molecule has 2 aliphatic rings. The largest absolute Gasteiger partial charge is 0.294 e. The molecule has 0 spiro atoms. The minimum absolute atomic E-state index is 0.0651. The van der Waals surface area contributed by atoms with Crippen LogP contribution in [0.1, 0.15) is 49.7 Å². The smallest absolute Gasteiger partial charge is 0.232 e. The molecule has 1 aliphatic heterocycles. The van der Waals surface area contributed by atoms with Gasteiger partial charge < -0.3 is 0 Å². The number of nitrogens with zero attached hydrogens (tertiary/aromatic N) is 1. The van der Waals surface area contributed by atoms with E-state index in [4.69, 9.17) is 0 Å². The molecule has 0 bridgehead atoms. The predicted molar refractivity (Wildman–Crippen MR) is 111 cm³/mol. The van der Waals surface area contributed by atoms with Crippen molar-refractivity contribution >= 4 is 33.3 Å². The van der Waals surface area contributed by atoms with Crippen LogP contribution in [-0.4, -0.2) is 11.7 Å². The number of Topliss-reactive ketones (excluding diaryl/α,β-unsaturated/α-hetero) is 1. The summed E-state index contributed by atoms with van der Waals surface area (Å²) in [6, 6.07) is 16.1. The number of amides is 1. The Morgan fingerprint density at radius 2 is 1.70 bits per heavy atom. The fourth-order valence-electron chi connectivity index (χ4n) is 4.15. The maximum absolute atomic E-state index is 13.1. The van der Waals surface area contributed by atoms with Crippen molar-refractivity contribution in [1.29, 1.82) is 0 Å². The number of benzene rings is 2. The first-order valence-corrected chi connectivity index (χ1v) is 10.3. The first-order valence-electron chi connectivity index (χ1n) is 9.52. The van der Waals surface area contributed by atoms with E-state index in [-0.39, 0.29) is 17.6 Å². The number of hydrogen-bond donors (Lipinski definition) is 0. The number of ketones is 1. The van der Waals surface area contributed by atoms with Crippen LogP contribution in [0.5, 0.6) is 0 Å². The van der Waals surface area contributed by atoms with Crippen LogP contribution < -0.4 is 4.90 Å². The summed E-state index contributed by atoms with van der Waals surface area (Å²) in [6.07, 6.45) is 3.47. The Labute approximate surface area is 168 Å². The number of hydrogen-bond acceptors (Lipinski definition) is 2.